The number of benzene rings is 1. The van der Waals surface area contributed by atoms with Crippen LogP contribution in [0.2, 0.25) is 0 Å². The summed E-state index contributed by atoms with van der Waals surface area (Å²) in [5, 5.41) is 17.4. The molecule has 0 aliphatic rings. The first-order valence-corrected chi connectivity index (χ1v) is 9.67. The van der Waals surface area contributed by atoms with Crippen LogP contribution in [0.5, 0.6) is 0 Å². The average Bonchev–Trinajstić information content (AvgIpc) is 2.68. The molecule has 27 heavy (non-hydrogen) atoms. The minimum Gasteiger partial charge on any atom is -0.396 e. The maximum atomic E-state index is 12.8. The van der Waals surface area contributed by atoms with Gasteiger partial charge < -0.3 is 26.8 Å². The van der Waals surface area contributed by atoms with Crippen LogP contribution in [0, 0.1) is 5.92 Å². The summed E-state index contributed by atoms with van der Waals surface area (Å²) in [5.41, 5.74) is 7.34. The number of amides is 3. The molecule has 0 aliphatic carbocycles. The molecule has 7 nitrogen and oxygen atoms in total. The molecular weight excluding hydrogens is 344 g/mol. The Morgan fingerprint density at radius 2 is 1.81 bits per heavy atom. The Morgan fingerprint density at radius 3 is 2.44 bits per heavy atom. The second kappa shape index (κ2) is 13.1. The van der Waals surface area contributed by atoms with Gasteiger partial charge in [-0.05, 0) is 38.2 Å². The van der Waals surface area contributed by atoms with E-state index in [9.17, 15) is 9.59 Å². The Labute approximate surface area is 162 Å². The van der Waals surface area contributed by atoms with E-state index in [1.807, 2.05) is 37.3 Å². The zero-order valence-corrected chi connectivity index (χ0v) is 16.4. The first-order valence-electron chi connectivity index (χ1n) is 9.67. The van der Waals surface area contributed by atoms with Crippen LogP contribution in [-0.2, 0) is 4.79 Å². The molecule has 3 amide bonds. The van der Waals surface area contributed by atoms with Crippen molar-refractivity contribution in [3.05, 3.63) is 35.9 Å². The predicted octanol–water partition coefficient (Wildman–Crippen LogP) is 1.68. The second-order valence-electron chi connectivity index (χ2n) is 6.78. The molecule has 0 heterocycles. The molecule has 1 aromatic rings. The Balaban J connectivity index is 2.51. The van der Waals surface area contributed by atoms with Crippen LogP contribution < -0.4 is 21.7 Å². The number of rotatable bonds is 12. The summed E-state index contributed by atoms with van der Waals surface area (Å²) in [6, 6.07) is 9.21. The van der Waals surface area contributed by atoms with Crippen molar-refractivity contribution in [1.29, 1.82) is 0 Å². The Hall–Kier alpha value is -2.12. The van der Waals surface area contributed by atoms with Crippen molar-refractivity contribution in [3.8, 4) is 0 Å². The molecule has 0 saturated carbocycles. The second-order valence-corrected chi connectivity index (χ2v) is 6.78. The average molecular weight is 379 g/mol. The van der Waals surface area contributed by atoms with Crippen LogP contribution in [0.4, 0.5) is 4.79 Å². The smallest absolute Gasteiger partial charge is 0.314 e. The predicted molar refractivity (Wildman–Crippen MR) is 107 cm³/mol. The molecule has 6 N–H and O–H groups in total. The molecule has 0 spiro atoms. The van der Waals surface area contributed by atoms with E-state index in [2.05, 4.69) is 16.0 Å². The van der Waals surface area contributed by atoms with E-state index in [0.29, 0.717) is 25.8 Å². The third-order valence-electron chi connectivity index (χ3n) is 4.66. The van der Waals surface area contributed by atoms with Gasteiger partial charge in [-0.25, -0.2) is 4.79 Å². The summed E-state index contributed by atoms with van der Waals surface area (Å²) < 4.78 is 0. The summed E-state index contributed by atoms with van der Waals surface area (Å²) in [6.45, 7) is 2.57. The number of unbranched alkanes of at least 4 members (excludes halogenated alkanes) is 1. The van der Waals surface area contributed by atoms with Crippen molar-refractivity contribution in [2.45, 2.75) is 51.1 Å². The lowest BCUT2D eigenvalue weighted by Crippen LogP contribution is -2.43. The molecule has 0 fully saturated rings. The highest BCUT2D eigenvalue weighted by Gasteiger charge is 2.26. The molecule has 3 atom stereocenters. The van der Waals surface area contributed by atoms with Gasteiger partial charge in [0.15, 0.2) is 0 Å². The van der Waals surface area contributed by atoms with E-state index in [1.54, 1.807) is 7.05 Å². The molecule has 0 aliphatic heterocycles. The molecule has 1 aromatic carbocycles. The van der Waals surface area contributed by atoms with Gasteiger partial charge in [-0.2, -0.15) is 0 Å². The lowest BCUT2D eigenvalue weighted by Gasteiger charge is -2.25. The molecule has 1 rings (SSSR count). The van der Waals surface area contributed by atoms with Gasteiger partial charge in [0.2, 0.25) is 5.91 Å². The van der Waals surface area contributed by atoms with E-state index >= 15 is 0 Å². The Morgan fingerprint density at radius 1 is 1.11 bits per heavy atom. The summed E-state index contributed by atoms with van der Waals surface area (Å²) in [5.74, 6) is -0.411. The van der Waals surface area contributed by atoms with Crippen molar-refractivity contribution in [1.82, 2.24) is 16.0 Å². The minimum absolute atomic E-state index is 0.0424. The van der Waals surface area contributed by atoms with E-state index in [-0.39, 0.29) is 36.5 Å². The highest BCUT2D eigenvalue weighted by atomic mass is 16.3. The number of nitrogens with two attached hydrogens (primary N) is 1. The van der Waals surface area contributed by atoms with Crippen LogP contribution in [0.1, 0.15) is 50.6 Å². The molecule has 0 radical (unpaired) electrons. The van der Waals surface area contributed by atoms with Crippen molar-refractivity contribution in [2.24, 2.45) is 11.7 Å². The zero-order chi connectivity index (χ0) is 20.1. The Kier molecular flexibility index (Phi) is 11.1. The third kappa shape index (κ3) is 8.88. The molecule has 0 bridgehead atoms. The zero-order valence-electron chi connectivity index (χ0n) is 16.4. The standard InChI is InChI=1S/C20H34N4O3/c1-15(16-9-4-3-5-10-16)24-19(26)17(11-8-14-25)18(21)12-6-7-13-23-20(27)22-2/h3-5,9-10,15,17-18,25H,6-8,11-14,21H2,1-2H3,(H,24,26)(H2,22,23,27)/t15-,17?,18+/m1/s1. The van der Waals surface area contributed by atoms with E-state index in [4.69, 9.17) is 10.8 Å². The van der Waals surface area contributed by atoms with E-state index < -0.39 is 0 Å². The number of aliphatic hydroxyl groups is 1. The molecule has 1 unspecified atom stereocenters. The quantitative estimate of drug-likeness (QED) is 0.356. The maximum Gasteiger partial charge on any atom is 0.314 e. The highest BCUT2D eigenvalue weighted by Crippen LogP contribution is 2.18. The number of aliphatic hydroxyl groups excluding tert-OH is 1. The summed E-state index contributed by atoms with van der Waals surface area (Å²) in [7, 11) is 1.58. The van der Waals surface area contributed by atoms with Crippen molar-refractivity contribution >= 4 is 11.9 Å². The van der Waals surface area contributed by atoms with Gasteiger partial charge in [0.1, 0.15) is 0 Å². The normalized spacial score (nSPS) is 14.1. The summed E-state index contributed by atoms with van der Waals surface area (Å²) in [6.07, 6.45) is 3.42. The first kappa shape index (κ1) is 22.9. The molecule has 0 saturated heterocycles. The lowest BCUT2D eigenvalue weighted by molar-refractivity contribution is -0.126. The molecule has 152 valence electrons. The fourth-order valence-electron chi connectivity index (χ4n) is 2.99. The van der Waals surface area contributed by atoms with Gasteiger partial charge in [-0.15, -0.1) is 0 Å². The summed E-state index contributed by atoms with van der Waals surface area (Å²) >= 11 is 0. The van der Waals surface area contributed by atoms with Crippen molar-refractivity contribution < 1.29 is 14.7 Å². The number of carbonyl (C=O) groups is 2. The third-order valence-corrected chi connectivity index (χ3v) is 4.66. The van der Waals surface area contributed by atoms with Gasteiger partial charge in [0.25, 0.3) is 0 Å². The Bertz CT molecular complexity index is 553. The van der Waals surface area contributed by atoms with Gasteiger partial charge in [0, 0.05) is 26.2 Å². The van der Waals surface area contributed by atoms with Crippen LogP contribution in [-0.4, -0.2) is 43.3 Å². The minimum atomic E-state index is -0.338. The lowest BCUT2D eigenvalue weighted by atomic mass is 9.90. The van der Waals surface area contributed by atoms with Gasteiger partial charge in [0.05, 0.1) is 12.0 Å². The van der Waals surface area contributed by atoms with Crippen molar-refractivity contribution in [2.75, 3.05) is 20.2 Å². The van der Waals surface area contributed by atoms with Gasteiger partial charge in [-0.3, -0.25) is 4.79 Å². The number of hydrogen-bond donors (Lipinski definition) is 5. The molecular formula is C20H34N4O3. The number of urea groups is 1. The van der Waals surface area contributed by atoms with Crippen LogP contribution in [0.15, 0.2) is 30.3 Å². The van der Waals surface area contributed by atoms with Crippen LogP contribution >= 0.6 is 0 Å². The van der Waals surface area contributed by atoms with Crippen LogP contribution in [0.25, 0.3) is 0 Å². The fourth-order valence-corrected chi connectivity index (χ4v) is 2.99. The number of hydrogen-bond acceptors (Lipinski definition) is 4. The topological polar surface area (TPSA) is 116 Å². The monoisotopic (exact) mass is 378 g/mol. The van der Waals surface area contributed by atoms with E-state index in [0.717, 1.165) is 18.4 Å². The van der Waals surface area contributed by atoms with Crippen molar-refractivity contribution in [3.63, 3.8) is 0 Å². The number of carbonyl (C=O) groups excluding carboxylic acids is 2. The SMILES string of the molecule is CNC(=O)NCCCC[C@H](N)C(CCCO)C(=O)N[C@H](C)c1ccccc1. The number of nitrogens with one attached hydrogen (secondary N) is 3. The summed E-state index contributed by atoms with van der Waals surface area (Å²) in [4.78, 5) is 23.9. The molecule has 7 heteroatoms. The highest BCUT2D eigenvalue weighted by molar-refractivity contribution is 5.79. The first-order chi connectivity index (χ1) is 13.0. The van der Waals surface area contributed by atoms with E-state index in [1.165, 1.54) is 0 Å². The van der Waals surface area contributed by atoms with Crippen LogP contribution in [0.3, 0.4) is 0 Å². The maximum absolute atomic E-state index is 12.8. The molecule has 0 aromatic heterocycles. The fraction of sp³-hybridized carbons (Fsp3) is 0.600. The largest absolute Gasteiger partial charge is 0.396 e. The van der Waals surface area contributed by atoms with Gasteiger partial charge >= 0.3 is 6.03 Å². The van der Waals surface area contributed by atoms with Gasteiger partial charge in [-0.1, -0.05) is 36.8 Å².